The van der Waals surface area contributed by atoms with Gasteiger partial charge in [0.25, 0.3) is 0 Å². The smallest absolute Gasteiger partial charge is 0.123 e. The van der Waals surface area contributed by atoms with Crippen LogP contribution in [-0.2, 0) is 0 Å². The van der Waals surface area contributed by atoms with Gasteiger partial charge in [0.2, 0.25) is 0 Å². The Morgan fingerprint density at radius 2 is 2.21 bits per heavy atom. The monoisotopic (exact) mass is 214 g/mol. The van der Waals surface area contributed by atoms with E-state index in [2.05, 4.69) is 0 Å². The van der Waals surface area contributed by atoms with Crippen LogP contribution in [0, 0.1) is 0 Å². The maximum Gasteiger partial charge on any atom is 0.123 e. The second kappa shape index (κ2) is 5.20. The molecule has 0 amide bonds. The molecular formula is C10H15ClN2O. The van der Waals surface area contributed by atoms with Crippen molar-refractivity contribution >= 4 is 11.6 Å². The Morgan fingerprint density at radius 1 is 1.50 bits per heavy atom. The van der Waals surface area contributed by atoms with Crippen molar-refractivity contribution in [1.29, 1.82) is 0 Å². The first kappa shape index (κ1) is 11.3. The Hall–Kier alpha value is -0.770. The van der Waals surface area contributed by atoms with Crippen molar-refractivity contribution in [2.75, 3.05) is 13.7 Å². The Kier molecular flexibility index (Phi) is 4.20. The number of nitrogens with two attached hydrogens (primary N) is 2. The topological polar surface area (TPSA) is 61.3 Å². The minimum Gasteiger partial charge on any atom is -0.496 e. The highest BCUT2D eigenvalue weighted by Gasteiger charge is 2.11. The average Bonchev–Trinajstić information content (AvgIpc) is 2.18. The molecule has 78 valence electrons. The van der Waals surface area contributed by atoms with Gasteiger partial charge in [-0.15, -0.1) is 0 Å². The molecule has 0 heterocycles. The molecule has 4 N–H and O–H groups in total. The van der Waals surface area contributed by atoms with Crippen LogP contribution in [0.1, 0.15) is 18.0 Å². The first-order valence-electron chi connectivity index (χ1n) is 4.48. The molecule has 0 aromatic heterocycles. The largest absolute Gasteiger partial charge is 0.496 e. The fourth-order valence-electron chi connectivity index (χ4n) is 1.33. The van der Waals surface area contributed by atoms with Crippen LogP contribution in [0.3, 0.4) is 0 Å². The first-order chi connectivity index (χ1) is 6.69. The van der Waals surface area contributed by atoms with Crippen molar-refractivity contribution in [3.05, 3.63) is 28.8 Å². The van der Waals surface area contributed by atoms with E-state index in [4.69, 9.17) is 27.8 Å². The predicted molar refractivity (Wildman–Crippen MR) is 58.6 cm³/mol. The van der Waals surface area contributed by atoms with Gasteiger partial charge in [0.15, 0.2) is 0 Å². The van der Waals surface area contributed by atoms with Gasteiger partial charge in [-0.3, -0.25) is 0 Å². The zero-order valence-corrected chi connectivity index (χ0v) is 8.92. The zero-order chi connectivity index (χ0) is 10.6. The van der Waals surface area contributed by atoms with E-state index in [9.17, 15) is 0 Å². The molecule has 0 bridgehead atoms. The molecule has 0 saturated carbocycles. The maximum absolute atomic E-state index is 5.93. The summed E-state index contributed by atoms with van der Waals surface area (Å²) >= 11 is 5.88. The molecule has 0 aliphatic heterocycles. The highest BCUT2D eigenvalue weighted by Crippen LogP contribution is 2.28. The maximum atomic E-state index is 5.93. The Labute approximate surface area is 89.0 Å². The summed E-state index contributed by atoms with van der Waals surface area (Å²) in [5.41, 5.74) is 12.3. The van der Waals surface area contributed by atoms with Crippen molar-refractivity contribution in [1.82, 2.24) is 0 Å². The Bertz CT molecular complexity index is 304. The fraction of sp³-hybridized carbons (Fsp3) is 0.400. The molecule has 0 saturated heterocycles. The van der Waals surface area contributed by atoms with Crippen molar-refractivity contribution in [3.8, 4) is 5.75 Å². The van der Waals surface area contributed by atoms with Crippen molar-refractivity contribution in [3.63, 3.8) is 0 Å². The van der Waals surface area contributed by atoms with Gasteiger partial charge in [-0.05, 0) is 31.2 Å². The van der Waals surface area contributed by atoms with Gasteiger partial charge < -0.3 is 16.2 Å². The molecule has 0 aliphatic rings. The lowest BCUT2D eigenvalue weighted by molar-refractivity contribution is 0.404. The van der Waals surface area contributed by atoms with Crippen molar-refractivity contribution in [2.45, 2.75) is 12.5 Å². The number of ether oxygens (including phenoxy) is 1. The van der Waals surface area contributed by atoms with Crippen LogP contribution < -0.4 is 16.2 Å². The SMILES string of the molecule is COc1ccc(Cl)cc1[C@@H](N)CCN. The third-order valence-electron chi connectivity index (χ3n) is 2.07. The van der Waals surface area contributed by atoms with E-state index in [1.54, 1.807) is 13.2 Å². The second-order valence-corrected chi connectivity index (χ2v) is 3.51. The van der Waals surface area contributed by atoms with Crippen LogP contribution in [0.5, 0.6) is 5.75 Å². The third kappa shape index (κ3) is 2.61. The minimum atomic E-state index is -0.117. The summed E-state index contributed by atoms with van der Waals surface area (Å²) in [6.45, 7) is 0.552. The highest BCUT2D eigenvalue weighted by atomic mass is 35.5. The molecule has 1 aromatic rings. The number of benzene rings is 1. The number of methoxy groups -OCH3 is 1. The van der Waals surface area contributed by atoms with Gasteiger partial charge >= 0.3 is 0 Å². The lowest BCUT2D eigenvalue weighted by Gasteiger charge is -2.15. The van der Waals surface area contributed by atoms with E-state index >= 15 is 0 Å². The lowest BCUT2D eigenvalue weighted by Crippen LogP contribution is -2.16. The molecule has 0 radical (unpaired) electrons. The summed E-state index contributed by atoms with van der Waals surface area (Å²) < 4.78 is 5.19. The molecule has 0 fully saturated rings. The number of hydrogen-bond acceptors (Lipinski definition) is 3. The van der Waals surface area contributed by atoms with Crippen LogP contribution in [0.4, 0.5) is 0 Å². The molecule has 0 spiro atoms. The number of halogens is 1. The van der Waals surface area contributed by atoms with Gasteiger partial charge in [0.05, 0.1) is 7.11 Å². The van der Waals surface area contributed by atoms with Crippen LogP contribution in [0.15, 0.2) is 18.2 Å². The number of hydrogen-bond donors (Lipinski definition) is 2. The lowest BCUT2D eigenvalue weighted by atomic mass is 10.0. The van der Waals surface area contributed by atoms with Crippen LogP contribution in [0.2, 0.25) is 5.02 Å². The van der Waals surface area contributed by atoms with Crippen molar-refractivity contribution < 1.29 is 4.74 Å². The van der Waals surface area contributed by atoms with E-state index in [1.807, 2.05) is 12.1 Å². The minimum absolute atomic E-state index is 0.117. The summed E-state index contributed by atoms with van der Waals surface area (Å²) in [5.74, 6) is 0.760. The zero-order valence-electron chi connectivity index (χ0n) is 8.16. The molecular weight excluding hydrogens is 200 g/mol. The van der Waals surface area contributed by atoms with Crippen LogP contribution in [0.25, 0.3) is 0 Å². The standard InChI is InChI=1S/C10H15ClN2O/c1-14-10-3-2-7(11)6-8(10)9(13)4-5-12/h2-3,6,9H,4-5,12-13H2,1H3/t9-/m0/s1. The highest BCUT2D eigenvalue weighted by molar-refractivity contribution is 6.30. The molecule has 0 aliphatic carbocycles. The van der Waals surface area contributed by atoms with E-state index in [1.165, 1.54) is 0 Å². The molecule has 1 aromatic carbocycles. The van der Waals surface area contributed by atoms with Crippen LogP contribution >= 0.6 is 11.6 Å². The summed E-state index contributed by atoms with van der Waals surface area (Å²) in [7, 11) is 1.61. The third-order valence-corrected chi connectivity index (χ3v) is 2.30. The molecule has 1 rings (SSSR count). The molecule has 1 atom stereocenters. The van der Waals surface area contributed by atoms with Gasteiger partial charge in [0.1, 0.15) is 5.75 Å². The van der Waals surface area contributed by atoms with Gasteiger partial charge in [0, 0.05) is 16.6 Å². The first-order valence-corrected chi connectivity index (χ1v) is 4.86. The average molecular weight is 215 g/mol. The predicted octanol–water partition coefficient (Wildman–Crippen LogP) is 1.70. The normalized spacial score (nSPS) is 12.6. The molecule has 0 unspecified atom stereocenters. The second-order valence-electron chi connectivity index (χ2n) is 3.07. The Morgan fingerprint density at radius 3 is 2.79 bits per heavy atom. The summed E-state index contributed by atoms with van der Waals surface area (Å²) in [4.78, 5) is 0. The van der Waals surface area contributed by atoms with Gasteiger partial charge in [-0.25, -0.2) is 0 Å². The van der Waals surface area contributed by atoms with Crippen molar-refractivity contribution in [2.24, 2.45) is 11.5 Å². The summed E-state index contributed by atoms with van der Waals surface area (Å²) in [6, 6.07) is 5.29. The van der Waals surface area contributed by atoms with Crippen LogP contribution in [-0.4, -0.2) is 13.7 Å². The van der Waals surface area contributed by atoms with E-state index < -0.39 is 0 Å². The van der Waals surface area contributed by atoms with E-state index in [0.29, 0.717) is 11.6 Å². The molecule has 3 nitrogen and oxygen atoms in total. The quantitative estimate of drug-likeness (QED) is 0.802. The summed E-state index contributed by atoms with van der Waals surface area (Å²) in [6.07, 6.45) is 0.719. The molecule has 4 heteroatoms. The summed E-state index contributed by atoms with van der Waals surface area (Å²) in [5, 5.41) is 0.660. The van der Waals surface area contributed by atoms with Gasteiger partial charge in [-0.2, -0.15) is 0 Å². The van der Waals surface area contributed by atoms with E-state index in [0.717, 1.165) is 17.7 Å². The molecule has 14 heavy (non-hydrogen) atoms. The fourth-order valence-corrected chi connectivity index (χ4v) is 1.51. The van der Waals surface area contributed by atoms with E-state index in [-0.39, 0.29) is 6.04 Å². The Balaban J connectivity index is 2.97. The number of rotatable bonds is 4. The van der Waals surface area contributed by atoms with Gasteiger partial charge in [-0.1, -0.05) is 11.6 Å².